The van der Waals surface area contributed by atoms with Crippen LogP contribution in [0.3, 0.4) is 0 Å². The highest BCUT2D eigenvalue weighted by atomic mass is 16.3. The predicted octanol–water partition coefficient (Wildman–Crippen LogP) is 6.60. The Bertz CT molecular complexity index is 1220. The highest BCUT2D eigenvalue weighted by molar-refractivity contribution is 5.82. The number of oxazole rings is 1. The monoisotopic (exact) mass is 364 g/mol. The summed E-state index contributed by atoms with van der Waals surface area (Å²) in [6.07, 6.45) is 8.32. The van der Waals surface area contributed by atoms with Crippen molar-refractivity contribution < 1.29 is 4.42 Å². The Balaban J connectivity index is 1.57. The van der Waals surface area contributed by atoms with Crippen LogP contribution in [0.2, 0.25) is 0 Å². The van der Waals surface area contributed by atoms with E-state index in [4.69, 9.17) is 9.40 Å². The van der Waals surface area contributed by atoms with Crippen LogP contribution in [-0.2, 0) is 0 Å². The van der Waals surface area contributed by atoms with Gasteiger partial charge in [-0.1, -0.05) is 54.6 Å². The minimum absolute atomic E-state index is 0.721. The second-order valence-corrected chi connectivity index (χ2v) is 7.14. The summed E-state index contributed by atoms with van der Waals surface area (Å²) in [5.41, 5.74) is 8.09. The Hall–Kier alpha value is -3.46. The normalized spacial score (nSPS) is 13.7. The number of hydrogen-bond donors (Lipinski definition) is 0. The van der Waals surface area contributed by atoms with Gasteiger partial charge in [0.25, 0.3) is 0 Å². The SMILES string of the molecule is Cc1cc(-c2ccccc2)nc(-c2ccc3nc(C4=CC=CCC4)oc3c2)c1. The van der Waals surface area contributed by atoms with Gasteiger partial charge in [-0.05, 0) is 49.6 Å². The van der Waals surface area contributed by atoms with Crippen molar-refractivity contribution in [3.8, 4) is 22.5 Å². The van der Waals surface area contributed by atoms with Crippen molar-refractivity contribution in [1.29, 1.82) is 0 Å². The van der Waals surface area contributed by atoms with E-state index in [0.717, 1.165) is 57.9 Å². The molecule has 0 fully saturated rings. The summed E-state index contributed by atoms with van der Waals surface area (Å²) in [5.74, 6) is 0.721. The van der Waals surface area contributed by atoms with Crippen molar-refractivity contribution in [2.45, 2.75) is 19.8 Å². The van der Waals surface area contributed by atoms with Gasteiger partial charge in [0.2, 0.25) is 5.89 Å². The molecule has 0 saturated carbocycles. The molecule has 4 aromatic rings. The van der Waals surface area contributed by atoms with Crippen molar-refractivity contribution >= 4 is 16.7 Å². The maximum atomic E-state index is 6.07. The number of pyridine rings is 1. The molecule has 28 heavy (non-hydrogen) atoms. The molecule has 0 atom stereocenters. The van der Waals surface area contributed by atoms with E-state index in [1.807, 2.05) is 30.3 Å². The van der Waals surface area contributed by atoms with E-state index in [1.165, 1.54) is 5.56 Å². The summed E-state index contributed by atoms with van der Waals surface area (Å²) in [7, 11) is 0. The molecular weight excluding hydrogens is 344 g/mol. The first-order valence-corrected chi connectivity index (χ1v) is 9.57. The van der Waals surface area contributed by atoms with E-state index in [0.29, 0.717) is 0 Å². The number of allylic oxidation sites excluding steroid dienone is 4. The molecular formula is C25H20N2O. The van der Waals surface area contributed by atoms with Gasteiger partial charge in [0.05, 0.1) is 11.4 Å². The molecule has 0 N–H and O–H groups in total. The lowest BCUT2D eigenvalue weighted by molar-refractivity contribution is 0.580. The molecule has 0 radical (unpaired) electrons. The minimum Gasteiger partial charge on any atom is -0.436 e. The molecule has 3 heteroatoms. The smallest absolute Gasteiger partial charge is 0.223 e. The van der Waals surface area contributed by atoms with Crippen LogP contribution in [0.15, 0.2) is 83.3 Å². The van der Waals surface area contributed by atoms with Crippen LogP contribution in [-0.4, -0.2) is 9.97 Å². The lowest BCUT2D eigenvalue weighted by Crippen LogP contribution is -1.90. The van der Waals surface area contributed by atoms with Crippen molar-refractivity contribution in [1.82, 2.24) is 9.97 Å². The summed E-state index contributed by atoms with van der Waals surface area (Å²) in [6.45, 7) is 2.10. The van der Waals surface area contributed by atoms with Gasteiger partial charge in [0.15, 0.2) is 5.58 Å². The summed E-state index contributed by atoms with van der Waals surface area (Å²) in [6, 6.07) is 20.6. The Morgan fingerprint density at radius 1 is 0.857 bits per heavy atom. The Labute approximate surface area is 164 Å². The molecule has 0 aliphatic heterocycles. The first-order chi connectivity index (χ1) is 13.8. The molecule has 5 rings (SSSR count). The van der Waals surface area contributed by atoms with E-state index >= 15 is 0 Å². The van der Waals surface area contributed by atoms with Crippen molar-refractivity contribution in [2.24, 2.45) is 0 Å². The summed E-state index contributed by atoms with van der Waals surface area (Å²) in [5, 5.41) is 0. The number of hydrogen-bond acceptors (Lipinski definition) is 3. The average molecular weight is 364 g/mol. The van der Waals surface area contributed by atoms with Crippen LogP contribution in [0, 0.1) is 6.92 Å². The molecule has 0 saturated heterocycles. The largest absolute Gasteiger partial charge is 0.436 e. The van der Waals surface area contributed by atoms with Crippen LogP contribution in [0.1, 0.15) is 24.3 Å². The van der Waals surface area contributed by atoms with Gasteiger partial charge in [-0.3, -0.25) is 0 Å². The van der Waals surface area contributed by atoms with Crippen LogP contribution >= 0.6 is 0 Å². The number of nitrogens with zero attached hydrogens (tertiary/aromatic N) is 2. The summed E-state index contributed by atoms with van der Waals surface area (Å²) < 4.78 is 6.07. The average Bonchev–Trinajstić information content (AvgIpc) is 3.18. The van der Waals surface area contributed by atoms with E-state index in [9.17, 15) is 0 Å². The first-order valence-electron chi connectivity index (χ1n) is 9.57. The van der Waals surface area contributed by atoms with Gasteiger partial charge in [0, 0.05) is 16.7 Å². The molecule has 0 amide bonds. The third-order valence-electron chi connectivity index (χ3n) is 5.01. The molecule has 2 aromatic carbocycles. The molecule has 2 aromatic heterocycles. The van der Waals surface area contributed by atoms with Crippen LogP contribution in [0.5, 0.6) is 0 Å². The third-order valence-corrected chi connectivity index (χ3v) is 5.01. The zero-order valence-corrected chi connectivity index (χ0v) is 15.7. The Morgan fingerprint density at radius 3 is 2.46 bits per heavy atom. The van der Waals surface area contributed by atoms with Gasteiger partial charge < -0.3 is 4.42 Å². The topological polar surface area (TPSA) is 38.9 Å². The van der Waals surface area contributed by atoms with E-state index in [1.54, 1.807) is 0 Å². The molecule has 3 nitrogen and oxygen atoms in total. The molecule has 0 bridgehead atoms. The number of rotatable bonds is 3. The fourth-order valence-corrected chi connectivity index (χ4v) is 3.57. The molecule has 0 unspecified atom stereocenters. The molecule has 136 valence electrons. The van der Waals surface area contributed by atoms with E-state index in [2.05, 4.69) is 60.5 Å². The minimum atomic E-state index is 0.721. The van der Waals surface area contributed by atoms with Crippen LogP contribution in [0.25, 0.3) is 39.2 Å². The number of fused-ring (bicyclic) bond motifs is 1. The number of aromatic nitrogens is 2. The van der Waals surface area contributed by atoms with Gasteiger partial charge in [-0.25, -0.2) is 9.97 Å². The lowest BCUT2D eigenvalue weighted by Gasteiger charge is -2.07. The van der Waals surface area contributed by atoms with Gasteiger partial charge >= 0.3 is 0 Å². The second kappa shape index (κ2) is 6.93. The maximum Gasteiger partial charge on any atom is 0.223 e. The third kappa shape index (κ3) is 3.16. The quantitative estimate of drug-likeness (QED) is 0.411. The van der Waals surface area contributed by atoms with Crippen molar-refractivity contribution in [2.75, 3.05) is 0 Å². The number of benzene rings is 2. The zero-order chi connectivity index (χ0) is 18.9. The molecule has 2 heterocycles. The summed E-state index contributed by atoms with van der Waals surface area (Å²) >= 11 is 0. The second-order valence-electron chi connectivity index (χ2n) is 7.14. The molecule has 0 spiro atoms. The highest BCUT2D eigenvalue weighted by Crippen LogP contribution is 2.30. The van der Waals surface area contributed by atoms with Crippen LogP contribution < -0.4 is 0 Å². The maximum absolute atomic E-state index is 6.07. The standard InChI is InChI=1S/C25H20N2O/c1-17-14-22(18-8-4-2-5-9-18)26-23(15-17)20-12-13-21-24(16-20)28-25(27-21)19-10-6-3-7-11-19/h2-6,8-10,12-16H,7,11H2,1H3. The van der Waals surface area contributed by atoms with Crippen molar-refractivity contribution in [3.63, 3.8) is 0 Å². The lowest BCUT2D eigenvalue weighted by atomic mass is 10.1. The van der Waals surface area contributed by atoms with Gasteiger partial charge in [-0.15, -0.1) is 0 Å². The zero-order valence-electron chi connectivity index (χ0n) is 15.7. The fourth-order valence-electron chi connectivity index (χ4n) is 3.57. The van der Waals surface area contributed by atoms with E-state index < -0.39 is 0 Å². The van der Waals surface area contributed by atoms with Gasteiger partial charge in [0.1, 0.15) is 5.52 Å². The molecule has 1 aliphatic rings. The number of aryl methyl sites for hydroxylation is 1. The Kier molecular flexibility index (Phi) is 4.13. The Morgan fingerprint density at radius 2 is 1.68 bits per heavy atom. The highest BCUT2D eigenvalue weighted by Gasteiger charge is 2.13. The van der Waals surface area contributed by atoms with Crippen LogP contribution in [0.4, 0.5) is 0 Å². The predicted molar refractivity (Wildman–Crippen MR) is 114 cm³/mol. The summed E-state index contributed by atoms with van der Waals surface area (Å²) in [4.78, 5) is 9.56. The first kappa shape index (κ1) is 16.7. The van der Waals surface area contributed by atoms with Crippen molar-refractivity contribution in [3.05, 3.63) is 90.3 Å². The fraction of sp³-hybridized carbons (Fsp3) is 0.120. The molecule has 1 aliphatic carbocycles. The van der Waals surface area contributed by atoms with E-state index in [-0.39, 0.29) is 0 Å². The van der Waals surface area contributed by atoms with Gasteiger partial charge in [-0.2, -0.15) is 0 Å².